The molecule has 2 saturated carbocycles. The normalized spacial score (nSPS) is 40.5. The second-order valence-electron chi connectivity index (χ2n) is 10.2. The lowest BCUT2D eigenvalue weighted by Crippen LogP contribution is -2.42. The third-order valence-corrected chi connectivity index (χ3v) is 10.8. The van der Waals surface area contributed by atoms with Gasteiger partial charge in [0.05, 0.1) is 39.7 Å². The summed E-state index contributed by atoms with van der Waals surface area (Å²) in [6.45, 7) is 6.50. The Morgan fingerprint density at radius 3 is 2.37 bits per heavy atom. The molecule has 3 fully saturated rings. The van der Waals surface area contributed by atoms with E-state index in [0.29, 0.717) is 18.5 Å². The molecule has 0 aromatic heterocycles. The van der Waals surface area contributed by atoms with E-state index in [1.165, 1.54) is 4.90 Å². The lowest BCUT2D eigenvalue weighted by Gasteiger charge is -2.37. The number of hydrogen-bond acceptors (Lipinski definition) is 4. The zero-order valence-electron chi connectivity index (χ0n) is 17.7. The molecular weight excluding hydrogens is 398 g/mol. The number of rotatable bonds is 3. The molecule has 160 valence electrons. The predicted molar refractivity (Wildman–Crippen MR) is 116 cm³/mol. The lowest BCUT2D eigenvalue weighted by atomic mass is 9.70. The van der Waals surface area contributed by atoms with Crippen LogP contribution in [-0.2, 0) is 20.4 Å². The third-order valence-electron chi connectivity index (χ3n) is 8.84. The van der Waals surface area contributed by atoms with Gasteiger partial charge >= 0.3 is 0 Å². The van der Waals surface area contributed by atoms with Crippen molar-refractivity contribution in [3.8, 4) is 0 Å². The van der Waals surface area contributed by atoms with E-state index in [1.54, 1.807) is 12.1 Å². The number of hydrogen-bond donors (Lipinski definition) is 1. The van der Waals surface area contributed by atoms with E-state index in [2.05, 4.69) is 20.8 Å². The van der Waals surface area contributed by atoms with E-state index < -0.39 is 22.8 Å². The van der Waals surface area contributed by atoms with Crippen LogP contribution < -0.4 is 4.90 Å². The van der Waals surface area contributed by atoms with Crippen LogP contribution >= 0.6 is 0 Å². The molecule has 5 rings (SSSR count). The molecule has 2 bridgehead atoms. The van der Waals surface area contributed by atoms with Crippen LogP contribution in [0, 0.1) is 28.6 Å². The summed E-state index contributed by atoms with van der Waals surface area (Å²) in [5.74, 6) is -0.984. The highest BCUT2D eigenvalue weighted by molar-refractivity contribution is 7.89. The Morgan fingerprint density at radius 2 is 1.73 bits per heavy atom. The van der Waals surface area contributed by atoms with Crippen molar-refractivity contribution in [1.29, 1.82) is 0 Å². The summed E-state index contributed by atoms with van der Waals surface area (Å²) in [6, 6.07) is 9.03. The fraction of sp³-hybridized carbons (Fsp3) is 0.583. The van der Waals surface area contributed by atoms with Crippen LogP contribution in [0.2, 0.25) is 0 Å². The number of carbonyl (C=O) groups excluding carboxylic acids is 2. The van der Waals surface area contributed by atoms with Gasteiger partial charge in [0.1, 0.15) is 0 Å². The molecule has 30 heavy (non-hydrogen) atoms. The maximum absolute atomic E-state index is 13.6. The molecule has 6 heteroatoms. The Kier molecular flexibility index (Phi) is 4.43. The van der Waals surface area contributed by atoms with Crippen molar-refractivity contribution in [3.63, 3.8) is 0 Å². The Balaban J connectivity index is 1.40. The molecule has 3 aliphatic carbocycles. The van der Waals surface area contributed by atoms with Gasteiger partial charge in [-0.05, 0) is 49.1 Å². The SMILES string of the molecule is CC1(C)[C@@H]2CC[C@@]1(C)[C@H](O)[C@@H]2S(=O)C1=CC[C@H]2C(=O)N(c3ccccc3)C(=O)[C@H]2C1. The molecule has 5 nitrogen and oxygen atoms in total. The summed E-state index contributed by atoms with van der Waals surface area (Å²) < 4.78 is 13.6. The second-order valence-corrected chi connectivity index (χ2v) is 11.8. The number of imide groups is 1. The number of aliphatic hydroxyl groups excluding tert-OH is 1. The number of amides is 2. The average Bonchev–Trinajstić information content (AvgIpc) is 3.18. The molecule has 7 atom stereocenters. The summed E-state index contributed by atoms with van der Waals surface area (Å²) >= 11 is 0. The Hall–Kier alpha value is -1.79. The number of anilines is 1. The Morgan fingerprint density at radius 1 is 1.07 bits per heavy atom. The molecule has 4 aliphatic rings. The molecule has 1 aliphatic heterocycles. The highest BCUT2D eigenvalue weighted by Gasteiger charge is 2.67. The van der Waals surface area contributed by atoms with Crippen molar-refractivity contribution in [2.75, 3.05) is 4.90 Å². The van der Waals surface area contributed by atoms with Crippen LogP contribution in [-0.4, -0.2) is 32.5 Å². The van der Waals surface area contributed by atoms with Gasteiger partial charge in [-0.2, -0.15) is 0 Å². The smallest absolute Gasteiger partial charge is 0.238 e. The minimum Gasteiger partial charge on any atom is -0.391 e. The first-order chi connectivity index (χ1) is 14.2. The average molecular weight is 428 g/mol. The first-order valence-electron chi connectivity index (χ1n) is 10.9. The van der Waals surface area contributed by atoms with Crippen molar-refractivity contribution in [2.45, 2.75) is 57.8 Å². The van der Waals surface area contributed by atoms with Crippen LogP contribution in [0.1, 0.15) is 46.5 Å². The van der Waals surface area contributed by atoms with Crippen molar-refractivity contribution in [1.82, 2.24) is 0 Å². The van der Waals surface area contributed by atoms with Crippen LogP contribution in [0.5, 0.6) is 0 Å². The first-order valence-corrected chi connectivity index (χ1v) is 12.1. The van der Waals surface area contributed by atoms with Crippen molar-refractivity contribution in [2.24, 2.45) is 28.6 Å². The number of nitrogens with zero attached hydrogens (tertiary/aromatic N) is 1. The van der Waals surface area contributed by atoms with Gasteiger partial charge in [0.2, 0.25) is 11.8 Å². The second kappa shape index (κ2) is 6.60. The van der Waals surface area contributed by atoms with Crippen molar-refractivity contribution >= 4 is 28.3 Å². The van der Waals surface area contributed by atoms with Gasteiger partial charge in [0, 0.05) is 10.3 Å². The highest BCUT2D eigenvalue weighted by Crippen LogP contribution is 2.67. The largest absolute Gasteiger partial charge is 0.391 e. The van der Waals surface area contributed by atoms with Gasteiger partial charge in [-0.3, -0.25) is 18.7 Å². The van der Waals surface area contributed by atoms with E-state index >= 15 is 0 Å². The number of carbonyl (C=O) groups is 2. The zero-order valence-corrected chi connectivity index (χ0v) is 18.5. The molecule has 1 aromatic rings. The molecule has 0 radical (unpaired) electrons. The quantitative estimate of drug-likeness (QED) is 0.751. The van der Waals surface area contributed by atoms with Gasteiger partial charge < -0.3 is 5.11 Å². The molecule has 0 spiro atoms. The van der Waals surface area contributed by atoms with E-state index in [9.17, 15) is 18.9 Å². The van der Waals surface area contributed by atoms with Gasteiger partial charge in [0.25, 0.3) is 0 Å². The number of benzene rings is 1. The maximum atomic E-state index is 13.6. The van der Waals surface area contributed by atoms with Crippen LogP contribution in [0.15, 0.2) is 41.3 Å². The molecule has 1 unspecified atom stereocenters. The van der Waals surface area contributed by atoms with E-state index in [4.69, 9.17) is 0 Å². The van der Waals surface area contributed by atoms with Crippen LogP contribution in [0.3, 0.4) is 0 Å². The maximum Gasteiger partial charge on any atom is 0.238 e. The summed E-state index contributed by atoms with van der Waals surface area (Å²) in [7, 11) is -1.35. The van der Waals surface area contributed by atoms with E-state index in [-0.39, 0.29) is 39.7 Å². The van der Waals surface area contributed by atoms with E-state index in [0.717, 1.165) is 17.7 Å². The zero-order chi connectivity index (χ0) is 21.4. The number of aliphatic hydroxyl groups is 1. The van der Waals surface area contributed by atoms with Gasteiger partial charge in [0.15, 0.2) is 0 Å². The summed E-state index contributed by atoms with van der Waals surface area (Å²) in [4.78, 5) is 28.1. The van der Waals surface area contributed by atoms with Gasteiger partial charge in [-0.1, -0.05) is 45.0 Å². The Labute approximate surface area is 180 Å². The summed E-state index contributed by atoms with van der Waals surface area (Å²) in [5, 5.41) is 10.8. The molecule has 1 aromatic carbocycles. The molecule has 1 heterocycles. The lowest BCUT2D eigenvalue weighted by molar-refractivity contribution is -0.122. The Bertz CT molecular complexity index is 971. The first kappa shape index (κ1) is 20.1. The highest BCUT2D eigenvalue weighted by atomic mass is 32.2. The molecule has 1 N–H and O–H groups in total. The monoisotopic (exact) mass is 427 g/mol. The molecule has 2 amide bonds. The summed E-state index contributed by atoms with van der Waals surface area (Å²) in [5.41, 5.74) is 0.315. The third kappa shape index (κ3) is 2.46. The number of para-hydroxylation sites is 1. The van der Waals surface area contributed by atoms with Gasteiger partial charge in [-0.25, -0.2) is 0 Å². The topological polar surface area (TPSA) is 74.7 Å². The van der Waals surface area contributed by atoms with Crippen molar-refractivity contribution < 1.29 is 18.9 Å². The van der Waals surface area contributed by atoms with Crippen LogP contribution in [0.4, 0.5) is 5.69 Å². The number of fused-ring (bicyclic) bond motifs is 3. The minimum absolute atomic E-state index is 0.0617. The fourth-order valence-corrected chi connectivity index (χ4v) is 8.79. The minimum atomic E-state index is -1.35. The fourth-order valence-electron chi connectivity index (χ4n) is 6.52. The van der Waals surface area contributed by atoms with Crippen LogP contribution in [0.25, 0.3) is 0 Å². The van der Waals surface area contributed by atoms with Crippen molar-refractivity contribution in [3.05, 3.63) is 41.3 Å². The molecular formula is C24H29NO4S. The molecule has 1 saturated heterocycles. The number of allylic oxidation sites excluding steroid dienone is 2. The summed E-state index contributed by atoms with van der Waals surface area (Å²) in [6.07, 6.45) is 4.03. The standard InChI is InChI=1S/C24H29NO4S/c1-23(2)18-11-12-24(23,3)20(26)19(18)30(29)15-9-10-16-17(13-15)22(28)25(21(16)27)14-7-5-4-6-8-14/h4-9,16-20,26H,10-13H2,1-3H3/t16-,17+,18-,19-,20-,24+,30?/m1/s1. The van der Waals surface area contributed by atoms with Gasteiger partial charge in [-0.15, -0.1) is 0 Å². The predicted octanol–water partition coefficient (Wildman–Crippen LogP) is 3.40. The van der Waals surface area contributed by atoms with E-state index in [1.807, 2.05) is 24.3 Å².